The Hall–Kier alpha value is -0.120. The summed E-state index contributed by atoms with van der Waals surface area (Å²) in [5, 5.41) is 3.48. The SMILES string of the molecule is CCCCC1NC[C@H]2OC(C)(C)O[C@@H]12. The lowest BCUT2D eigenvalue weighted by Crippen LogP contribution is -2.35. The lowest BCUT2D eigenvalue weighted by atomic mass is 10.1. The summed E-state index contributed by atoms with van der Waals surface area (Å²) in [5.74, 6) is -0.373. The molecule has 0 spiro atoms. The zero-order valence-corrected chi connectivity index (χ0v) is 9.38. The summed E-state index contributed by atoms with van der Waals surface area (Å²) in [4.78, 5) is 0. The Kier molecular flexibility index (Phi) is 2.82. The quantitative estimate of drug-likeness (QED) is 0.750. The fourth-order valence-corrected chi connectivity index (χ4v) is 2.44. The van der Waals surface area contributed by atoms with Crippen LogP contribution in [-0.4, -0.2) is 30.6 Å². The molecule has 0 aliphatic carbocycles. The topological polar surface area (TPSA) is 30.5 Å². The van der Waals surface area contributed by atoms with Crippen LogP contribution < -0.4 is 5.32 Å². The monoisotopic (exact) mass is 199 g/mol. The van der Waals surface area contributed by atoms with Crippen molar-refractivity contribution < 1.29 is 9.47 Å². The zero-order valence-electron chi connectivity index (χ0n) is 9.38. The van der Waals surface area contributed by atoms with Crippen LogP contribution in [0.25, 0.3) is 0 Å². The minimum absolute atomic E-state index is 0.270. The highest BCUT2D eigenvalue weighted by molar-refractivity contribution is 4.97. The van der Waals surface area contributed by atoms with E-state index in [4.69, 9.17) is 9.47 Å². The molecule has 0 aromatic heterocycles. The Labute approximate surface area is 86.2 Å². The van der Waals surface area contributed by atoms with Gasteiger partial charge in [0.1, 0.15) is 12.2 Å². The Bertz CT molecular complexity index is 205. The molecule has 0 saturated carbocycles. The van der Waals surface area contributed by atoms with Gasteiger partial charge in [-0.05, 0) is 20.3 Å². The molecule has 2 fully saturated rings. The molecule has 0 radical (unpaired) electrons. The summed E-state index contributed by atoms with van der Waals surface area (Å²) in [7, 11) is 0. The van der Waals surface area contributed by atoms with Gasteiger partial charge in [0, 0.05) is 12.6 Å². The van der Waals surface area contributed by atoms with Gasteiger partial charge in [-0.3, -0.25) is 0 Å². The van der Waals surface area contributed by atoms with E-state index in [9.17, 15) is 0 Å². The van der Waals surface area contributed by atoms with Gasteiger partial charge in [0.15, 0.2) is 5.79 Å². The first-order valence-electron chi connectivity index (χ1n) is 5.71. The average molecular weight is 199 g/mol. The van der Waals surface area contributed by atoms with Crippen molar-refractivity contribution in [3.8, 4) is 0 Å². The number of hydrogen-bond donors (Lipinski definition) is 1. The van der Waals surface area contributed by atoms with Crippen molar-refractivity contribution in [1.29, 1.82) is 0 Å². The first kappa shape index (κ1) is 10.4. The first-order chi connectivity index (χ1) is 6.62. The normalized spacial score (nSPS) is 40.1. The second-order valence-corrected chi connectivity index (χ2v) is 4.80. The fourth-order valence-electron chi connectivity index (χ4n) is 2.44. The highest BCUT2D eigenvalue weighted by atomic mass is 16.8. The molecular formula is C11H21NO2. The standard InChI is InChI=1S/C11H21NO2/c1-4-5-6-8-10-9(7-12-8)13-11(2,3)14-10/h8-10,12H,4-7H2,1-3H3/t8?,9-,10+/m1/s1. The largest absolute Gasteiger partial charge is 0.343 e. The second-order valence-electron chi connectivity index (χ2n) is 4.80. The van der Waals surface area contributed by atoms with Crippen LogP contribution in [0.1, 0.15) is 40.0 Å². The number of unbranched alkanes of at least 4 members (excludes halogenated alkanes) is 1. The van der Waals surface area contributed by atoms with Crippen LogP contribution in [0.5, 0.6) is 0 Å². The third-order valence-electron chi connectivity index (χ3n) is 3.07. The predicted octanol–water partition coefficient (Wildman–Crippen LogP) is 1.67. The molecular weight excluding hydrogens is 178 g/mol. The fraction of sp³-hybridized carbons (Fsp3) is 1.00. The Balaban J connectivity index is 1.91. The maximum absolute atomic E-state index is 5.90. The molecule has 0 aromatic rings. The highest BCUT2D eigenvalue weighted by Crippen LogP contribution is 2.33. The van der Waals surface area contributed by atoms with Crippen LogP contribution in [0, 0.1) is 0 Å². The van der Waals surface area contributed by atoms with Crippen molar-refractivity contribution in [2.45, 2.75) is 64.1 Å². The molecule has 2 saturated heterocycles. The van der Waals surface area contributed by atoms with E-state index in [1.165, 1.54) is 19.3 Å². The van der Waals surface area contributed by atoms with E-state index < -0.39 is 0 Å². The van der Waals surface area contributed by atoms with Gasteiger partial charge in [0.05, 0.1) is 0 Å². The summed E-state index contributed by atoms with van der Waals surface area (Å²) in [6.07, 6.45) is 4.27. The van der Waals surface area contributed by atoms with Crippen LogP contribution in [0.3, 0.4) is 0 Å². The van der Waals surface area contributed by atoms with Gasteiger partial charge < -0.3 is 14.8 Å². The lowest BCUT2D eigenvalue weighted by molar-refractivity contribution is -0.153. The summed E-state index contributed by atoms with van der Waals surface area (Å²) in [6, 6.07) is 0.502. The van der Waals surface area contributed by atoms with E-state index in [-0.39, 0.29) is 18.0 Å². The minimum atomic E-state index is -0.373. The smallest absolute Gasteiger partial charge is 0.163 e. The van der Waals surface area contributed by atoms with E-state index in [0.29, 0.717) is 6.04 Å². The third kappa shape index (κ3) is 1.95. The molecule has 3 nitrogen and oxygen atoms in total. The molecule has 2 aliphatic heterocycles. The highest BCUT2D eigenvalue weighted by Gasteiger charge is 2.48. The number of nitrogens with one attached hydrogen (secondary N) is 1. The van der Waals surface area contributed by atoms with E-state index >= 15 is 0 Å². The third-order valence-corrected chi connectivity index (χ3v) is 3.07. The summed E-state index contributed by atoms with van der Waals surface area (Å²) < 4.78 is 11.7. The lowest BCUT2D eigenvalue weighted by Gasteiger charge is -2.22. The van der Waals surface area contributed by atoms with Crippen molar-refractivity contribution >= 4 is 0 Å². The molecule has 3 heteroatoms. The Morgan fingerprint density at radius 1 is 1.36 bits per heavy atom. The van der Waals surface area contributed by atoms with Gasteiger partial charge >= 0.3 is 0 Å². The maximum Gasteiger partial charge on any atom is 0.163 e. The maximum atomic E-state index is 5.90. The van der Waals surface area contributed by atoms with Gasteiger partial charge in [-0.1, -0.05) is 19.8 Å². The van der Waals surface area contributed by atoms with Crippen LogP contribution in [0.2, 0.25) is 0 Å². The Morgan fingerprint density at radius 2 is 2.14 bits per heavy atom. The van der Waals surface area contributed by atoms with Crippen LogP contribution in [0.15, 0.2) is 0 Å². The number of ether oxygens (including phenoxy) is 2. The predicted molar refractivity (Wildman–Crippen MR) is 55.1 cm³/mol. The van der Waals surface area contributed by atoms with E-state index in [1.54, 1.807) is 0 Å². The summed E-state index contributed by atoms with van der Waals surface area (Å²) in [5.41, 5.74) is 0. The van der Waals surface area contributed by atoms with Crippen molar-refractivity contribution in [2.24, 2.45) is 0 Å². The van der Waals surface area contributed by atoms with Crippen LogP contribution >= 0.6 is 0 Å². The number of fused-ring (bicyclic) bond motifs is 1. The molecule has 0 bridgehead atoms. The van der Waals surface area contributed by atoms with Gasteiger partial charge in [0.2, 0.25) is 0 Å². The van der Waals surface area contributed by atoms with E-state index in [2.05, 4.69) is 12.2 Å². The van der Waals surface area contributed by atoms with Gasteiger partial charge in [-0.15, -0.1) is 0 Å². The average Bonchev–Trinajstić information content (AvgIpc) is 2.57. The van der Waals surface area contributed by atoms with Crippen LogP contribution in [-0.2, 0) is 9.47 Å². The van der Waals surface area contributed by atoms with E-state index in [0.717, 1.165) is 6.54 Å². The van der Waals surface area contributed by atoms with Gasteiger partial charge in [-0.2, -0.15) is 0 Å². The zero-order chi connectivity index (χ0) is 10.2. The summed E-state index contributed by atoms with van der Waals surface area (Å²) >= 11 is 0. The van der Waals surface area contributed by atoms with E-state index in [1.807, 2.05) is 13.8 Å². The van der Waals surface area contributed by atoms with Crippen molar-refractivity contribution in [3.63, 3.8) is 0 Å². The van der Waals surface area contributed by atoms with Crippen LogP contribution in [0.4, 0.5) is 0 Å². The number of rotatable bonds is 3. The summed E-state index contributed by atoms with van der Waals surface area (Å²) in [6.45, 7) is 7.18. The molecule has 0 amide bonds. The first-order valence-corrected chi connectivity index (χ1v) is 5.71. The molecule has 2 aliphatic rings. The van der Waals surface area contributed by atoms with Crippen molar-refractivity contribution in [1.82, 2.24) is 5.32 Å². The van der Waals surface area contributed by atoms with Crippen molar-refractivity contribution in [3.05, 3.63) is 0 Å². The van der Waals surface area contributed by atoms with Gasteiger partial charge in [0.25, 0.3) is 0 Å². The Morgan fingerprint density at radius 3 is 2.86 bits per heavy atom. The molecule has 2 heterocycles. The molecule has 1 unspecified atom stereocenters. The molecule has 2 rings (SSSR count). The van der Waals surface area contributed by atoms with Crippen molar-refractivity contribution in [2.75, 3.05) is 6.54 Å². The molecule has 82 valence electrons. The second kappa shape index (κ2) is 3.80. The number of hydrogen-bond acceptors (Lipinski definition) is 3. The molecule has 0 aromatic carbocycles. The molecule has 14 heavy (non-hydrogen) atoms. The minimum Gasteiger partial charge on any atom is -0.343 e. The molecule has 1 N–H and O–H groups in total. The molecule has 3 atom stereocenters. The van der Waals surface area contributed by atoms with Gasteiger partial charge in [-0.25, -0.2) is 0 Å².